The van der Waals surface area contributed by atoms with E-state index in [1.807, 2.05) is 24.3 Å². The molecule has 2 aromatic carbocycles. The molecule has 0 bridgehead atoms. The van der Waals surface area contributed by atoms with Crippen LogP contribution in [-0.2, 0) is 11.3 Å². The third kappa shape index (κ3) is 4.69. The zero-order valence-corrected chi connectivity index (χ0v) is 17.1. The molecule has 3 N–H and O–H groups in total. The fourth-order valence-electron chi connectivity index (χ4n) is 2.91. The van der Waals surface area contributed by atoms with Crippen molar-refractivity contribution in [1.29, 1.82) is 0 Å². The quantitative estimate of drug-likeness (QED) is 0.461. The molecule has 3 aromatic rings. The molecule has 0 saturated carbocycles. The molecule has 0 atom stereocenters. The van der Waals surface area contributed by atoms with E-state index in [0.717, 1.165) is 5.56 Å². The molecule has 0 amide bonds. The number of Topliss-reactive ketones (excluding diaryl/α,β-unsaturated/α-hetero) is 1. The van der Waals surface area contributed by atoms with Gasteiger partial charge in [-0.3, -0.25) is 4.79 Å². The van der Waals surface area contributed by atoms with Crippen molar-refractivity contribution in [3.63, 3.8) is 0 Å². The Labute approximate surface area is 174 Å². The second kappa shape index (κ2) is 9.75. The van der Waals surface area contributed by atoms with Gasteiger partial charge in [0.25, 0.3) is 0 Å². The Balaban J connectivity index is 1.92. The summed E-state index contributed by atoms with van der Waals surface area (Å²) in [6.45, 7) is -0.184. The fourth-order valence-corrected chi connectivity index (χ4v) is 2.91. The van der Waals surface area contributed by atoms with Crippen LogP contribution in [0.3, 0.4) is 0 Å². The highest BCUT2D eigenvalue weighted by Crippen LogP contribution is 2.30. The first-order valence-corrected chi connectivity index (χ1v) is 9.25. The number of methoxy groups -OCH3 is 3. The number of aliphatic hydroxyl groups is 1. The van der Waals surface area contributed by atoms with E-state index in [1.54, 1.807) is 33.5 Å². The molecular weight excluding hydrogens is 388 g/mol. The number of hydrogen-bond donors (Lipinski definition) is 3. The number of nitrogens with zero attached hydrogens (tertiary/aromatic N) is 2. The predicted molar refractivity (Wildman–Crippen MR) is 114 cm³/mol. The predicted octanol–water partition coefficient (Wildman–Crippen LogP) is 2.24. The van der Waals surface area contributed by atoms with Crippen LogP contribution in [0, 0.1) is 0 Å². The Morgan fingerprint density at radius 1 is 1.00 bits per heavy atom. The summed E-state index contributed by atoms with van der Waals surface area (Å²) in [5, 5.41) is 15.8. The van der Waals surface area contributed by atoms with Crippen LogP contribution in [0.5, 0.6) is 17.2 Å². The molecule has 0 unspecified atom stereocenters. The Morgan fingerprint density at radius 3 is 2.50 bits per heavy atom. The third-order valence-corrected chi connectivity index (χ3v) is 4.47. The summed E-state index contributed by atoms with van der Waals surface area (Å²) in [5.74, 6) is 2.42. The number of benzene rings is 2. The zero-order chi connectivity index (χ0) is 21.5. The maximum Gasteiger partial charge on any atom is 0.225 e. The Hall–Kier alpha value is -3.59. The molecule has 158 valence electrons. The van der Waals surface area contributed by atoms with E-state index in [2.05, 4.69) is 20.6 Å². The van der Waals surface area contributed by atoms with Crippen molar-refractivity contribution in [2.45, 2.75) is 6.54 Å². The van der Waals surface area contributed by atoms with Gasteiger partial charge < -0.3 is 30.0 Å². The molecule has 9 heteroatoms. The molecule has 1 aromatic heterocycles. The first-order valence-electron chi connectivity index (χ1n) is 9.25. The lowest BCUT2D eigenvalue weighted by atomic mass is 10.2. The van der Waals surface area contributed by atoms with Gasteiger partial charge in [0.2, 0.25) is 5.95 Å². The number of para-hydroxylation sites is 1. The van der Waals surface area contributed by atoms with Gasteiger partial charge in [0.05, 0.1) is 27.9 Å². The molecule has 0 fully saturated rings. The van der Waals surface area contributed by atoms with Crippen LogP contribution in [0.2, 0.25) is 0 Å². The molecule has 0 saturated heterocycles. The summed E-state index contributed by atoms with van der Waals surface area (Å²) in [5.41, 5.74) is 1.49. The number of carbonyl (C=O) groups is 1. The van der Waals surface area contributed by atoms with Crippen molar-refractivity contribution in [2.75, 3.05) is 45.1 Å². The highest BCUT2D eigenvalue weighted by atomic mass is 16.5. The van der Waals surface area contributed by atoms with Crippen molar-refractivity contribution < 1.29 is 24.1 Å². The molecule has 0 aliphatic heterocycles. The number of aliphatic hydroxyl groups excluding tert-OH is 1. The standard InChI is InChI=1S/C21H24N4O5/c1-28-15-8-7-13(18(9-15)30-3)10-23-21-24-19-16(5-4-6-17(19)29-2)20(25-21)22-11-14(27)12-26/h4-9,26H,10-12H2,1-3H3,(H2,22,23,24,25). The number of rotatable bonds is 10. The maximum absolute atomic E-state index is 11.5. The van der Waals surface area contributed by atoms with E-state index in [9.17, 15) is 4.79 Å². The largest absolute Gasteiger partial charge is 0.497 e. The first kappa shape index (κ1) is 21.1. The second-order valence-electron chi connectivity index (χ2n) is 6.33. The van der Waals surface area contributed by atoms with Crippen LogP contribution < -0.4 is 24.8 Å². The van der Waals surface area contributed by atoms with Crippen LogP contribution >= 0.6 is 0 Å². The van der Waals surface area contributed by atoms with Gasteiger partial charge in [-0.25, -0.2) is 4.98 Å². The highest BCUT2D eigenvalue weighted by Gasteiger charge is 2.13. The monoisotopic (exact) mass is 412 g/mol. The van der Waals surface area contributed by atoms with E-state index in [1.165, 1.54) is 0 Å². The molecule has 9 nitrogen and oxygen atoms in total. The molecule has 3 rings (SSSR count). The second-order valence-corrected chi connectivity index (χ2v) is 6.33. The fraction of sp³-hybridized carbons (Fsp3) is 0.286. The number of carbonyl (C=O) groups excluding carboxylic acids is 1. The summed E-state index contributed by atoms with van der Waals surface area (Å²) in [6.07, 6.45) is 0. The summed E-state index contributed by atoms with van der Waals surface area (Å²) in [7, 11) is 4.75. The number of ketones is 1. The van der Waals surface area contributed by atoms with E-state index < -0.39 is 6.61 Å². The Bertz CT molecular complexity index is 1040. The normalized spacial score (nSPS) is 10.5. The van der Waals surface area contributed by atoms with Gasteiger partial charge in [-0.15, -0.1) is 0 Å². The van der Waals surface area contributed by atoms with Gasteiger partial charge >= 0.3 is 0 Å². The van der Waals surface area contributed by atoms with Crippen molar-refractivity contribution >= 4 is 28.5 Å². The van der Waals surface area contributed by atoms with Crippen molar-refractivity contribution in [3.8, 4) is 17.2 Å². The van der Waals surface area contributed by atoms with Crippen LogP contribution in [0.15, 0.2) is 36.4 Å². The molecule has 30 heavy (non-hydrogen) atoms. The van der Waals surface area contributed by atoms with E-state index in [-0.39, 0.29) is 12.3 Å². The molecule has 0 radical (unpaired) electrons. The first-order chi connectivity index (χ1) is 14.6. The number of fused-ring (bicyclic) bond motifs is 1. The number of aromatic nitrogens is 2. The van der Waals surface area contributed by atoms with Gasteiger partial charge in [-0.05, 0) is 24.3 Å². The summed E-state index contributed by atoms with van der Waals surface area (Å²) in [4.78, 5) is 20.6. The number of hydrogen-bond acceptors (Lipinski definition) is 9. The molecule has 0 spiro atoms. The highest BCUT2D eigenvalue weighted by molar-refractivity contribution is 5.95. The topological polar surface area (TPSA) is 115 Å². The van der Waals surface area contributed by atoms with Gasteiger partial charge in [0, 0.05) is 23.6 Å². The minimum absolute atomic E-state index is 0.0500. The van der Waals surface area contributed by atoms with Crippen molar-refractivity contribution in [3.05, 3.63) is 42.0 Å². The van der Waals surface area contributed by atoms with E-state index >= 15 is 0 Å². The summed E-state index contributed by atoms with van der Waals surface area (Å²) >= 11 is 0. The average molecular weight is 412 g/mol. The minimum Gasteiger partial charge on any atom is -0.497 e. The molecule has 1 heterocycles. The van der Waals surface area contributed by atoms with E-state index in [4.69, 9.17) is 19.3 Å². The molecular formula is C21H24N4O5. The lowest BCUT2D eigenvalue weighted by Crippen LogP contribution is -2.18. The number of nitrogens with one attached hydrogen (secondary N) is 2. The number of ether oxygens (including phenoxy) is 3. The van der Waals surface area contributed by atoms with Crippen LogP contribution in [0.1, 0.15) is 5.56 Å². The van der Waals surface area contributed by atoms with Crippen LogP contribution in [-0.4, -0.2) is 55.3 Å². The Morgan fingerprint density at radius 2 is 1.80 bits per heavy atom. The molecule has 0 aliphatic rings. The number of anilines is 2. The third-order valence-electron chi connectivity index (χ3n) is 4.47. The van der Waals surface area contributed by atoms with Crippen LogP contribution in [0.25, 0.3) is 10.9 Å². The minimum atomic E-state index is -0.540. The van der Waals surface area contributed by atoms with Gasteiger partial charge in [-0.2, -0.15) is 4.98 Å². The van der Waals surface area contributed by atoms with E-state index in [0.29, 0.717) is 46.5 Å². The summed E-state index contributed by atoms with van der Waals surface area (Å²) < 4.78 is 16.1. The van der Waals surface area contributed by atoms with Gasteiger partial charge in [-0.1, -0.05) is 6.07 Å². The zero-order valence-electron chi connectivity index (χ0n) is 17.1. The summed E-state index contributed by atoms with van der Waals surface area (Å²) in [6, 6.07) is 11.0. The lowest BCUT2D eigenvalue weighted by Gasteiger charge is -2.14. The maximum atomic E-state index is 11.5. The van der Waals surface area contributed by atoms with Crippen LogP contribution in [0.4, 0.5) is 11.8 Å². The lowest BCUT2D eigenvalue weighted by molar-refractivity contribution is -0.120. The van der Waals surface area contributed by atoms with Gasteiger partial charge in [0.15, 0.2) is 5.78 Å². The Kier molecular flexibility index (Phi) is 6.87. The van der Waals surface area contributed by atoms with Crippen molar-refractivity contribution in [2.24, 2.45) is 0 Å². The SMILES string of the molecule is COc1ccc(CNc2nc(NCC(=O)CO)c3cccc(OC)c3n2)c(OC)c1. The van der Waals surface area contributed by atoms with Gasteiger partial charge in [0.1, 0.15) is 35.2 Å². The average Bonchev–Trinajstić information content (AvgIpc) is 2.80. The smallest absolute Gasteiger partial charge is 0.225 e. The van der Waals surface area contributed by atoms with Crippen molar-refractivity contribution in [1.82, 2.24) is 9.97 Å². The molecule has 0 aliphatic carbocycles.